The molecule has 0 atom stereocenters. The number of hydrogen-bond acceptors (Lipinski definition) is 4. The van der Waals surface area contributed by atoms with Crippen LogP contribution in [0.2, 0.25) is 0 Å². The summed E-state index contributed by atoms with van der Waals surface area (Å²) in [4.78, 5) is 2.20. The van der Waals surface area contributed by atoms with Gasteiger partial charge in [-0.25, -0.2) is 0 Å². The molecule has 0 saturated carbocycles. The molecule has 0 bridgehead atoms. The highest BCUT2D eigenvalue weighted by Gasteiger charge is 2.07. The zero-order chi connectivity index (χ0) is 20.5. The Morgan fingerprint density at radius 1 is 0.897 bits per heavy atom. The summed E-state index contributed by atoms with van der Waals surface area (Å²) in [5.41, 5.74) is 5.86. The van der Waals surface area contributed by atoms with E-state index < -0.39 is 0 Å². The van der Waals surface area contributed by atoms with Crippen LogP contribution in [-0.4, -0.2) is 33.9 Å². The minimum Gasteiger partial charge on any atom is -0.381 e. The maximum Gasteiger partial charge on any atom is 0.152 e. The number of nitrogens with two attached hydrogens (primary N) is 1. The molecule has 5 nitrogen and oxygen atoms in total. The van der Waals surface area contributed by atoms with E-state index in [1.54, 1.807) is 0 Å². The van der Waals surface area contributed by atoms with Gasteiger partial charge in [-0.05, 0) is 35.9 Å². The second-order valence-corrected chi connectivity index (χ2v) is 6.94. The van der Waals surface area contributed by atoms with Crippen LogP contribution in [0.1, 0.15) is 5.56 Å². The van der Waals surface area contributed by atoms with Gasteiger partial charge in [-0.1, -0.05) is 42.5 Å². The highest BCUT2D eigenvalue weighted by molar-refractivity contribution is 5.71. The van der Waals surface area contributed by atoms with Gasteiger partial charge in [0.25, 0.3) is 0 Å². The predicted molar refractivity (Wildman–Crippen MR) is 124 cm³/mol. The molecule has 3 aromatic rings. The van der Waals surface area contributed by atoms with Gasteiger partial charge in [0.2, 0.25) is 0 Å². The van der Waals surface area contributed by atoms with Crippen molar-refractivity contribution in [2.24, 2.45) is 5.10 Å². The first-order chi connectivity index (χ1) is 14.2. The van der Waals surface area contributed by atoms with E-state index in [-0.39, 0.29) is 0 Å². The van der Waals surface area contributed by atoms with Gasteiger partial charge in [0, 0.05) is 38.6 Å². The average molecular weight is 389 g/mol. The first-order valence-corrected chi connectivity index (χ1v) is 9.91. The molecule has 0 spiro atoms. The van der Waals surface area contributed by atoms with E-state index in [9.17, 15) is 0 Å². The van der Waals surface area contributed by atoms with E-state index in [1.807, 2.05) is 24.3 Å². The predicted octanol–water partition coefficient (Wildman–Crippen LogP) is 3.68. The van der Waals surface area contributed by atoms with E-state index in [4.69, 9.17) is 0 Å². The van der Waals surface area contributed by atoms with Crippen LogP contribution in [0.25, 0.3) is 0 Å². The lowest BCUT2D eigenvalue weighted by atomic mass is 10.2. The number of nitrogens with one attached hydrogen (secondary N) is 1. The van der Waals surface area contributed by atoms with Crippen molar-refractivity contribution in [3.8, 4) is 0 Å². The van der Waals surface area contributed by atoms with Crippen molar-refractivity contribution in [3.63, 3.8) is 0 Å². The third kappa shape index (κ3) is 5.83. The van der Waals surface area contributed by atoms with Crippen LogP contribution in [0.4, 0.5) is 22.7 Å². The minimum absolute atomic E-state index is 0.742. The second-order valence-electron chi connectivity index (χ2n) is 6.94. The average Bonchev–Trinajstić information content (AvgIpc) is 2.78. The van der Waals surface area contributed by atoms with Crippen LogP contribution in [-0.2, 0) is 6.54 Å². The second kappa shape index (κ2) is 10.3. The summed E-state index contributed by atoms with van der Waals surface area (Å²) in [6.45, 7) is 1.56. The van der Waals surface area contributed by atoms with Gasteiger partial charge in [-0.15, -0.1) is 0 Å². The van der Waals surface area contributed by atoms with Crippen molar-refractivity contribution < 1.29 is 5.32 Å². The zero-order valence-electron chi connectivity index (χ0n) is 17.4. The third-order valence-electron chi connectivity index (χ3n) is 4.85. The van der Waals surface area contributed by atoms with Crippen LogP contribution in [0.5, 0.6) is 0 Å². The molecule has 0 unspecified atom stereocenters. The molecule has 3 rings (SSSR count). The van der Waals surface area contributed by atoms with Crippen molar-refractivity contribution >= 4 is 29.0 Å². The van der Waals surface area contributed by atoms with Crippen LogP contribution in [0.3, 0.4) is 0 Å². The highest BCUT2D eigenvalue weighted by Crippen LogP contribution is 2.20. The quantitative estimate of drug-likeness (QED) is 0.334. The molecule has 5 heteroatoms. The topological polar surface area (TPSA) is 47.5 Å². The van der Waals surface area contributed by atoms with E-state index >= 15 is 0 Å². The Labute approximate surface area is 173 Å². The molecule has 0 amide bonds. The fourth-order valence-electron chi connectivity index (χ4n) is 3.12. The van der Waals surface area contributed by atoms with Gasteiger partial charge in [0.15, 0.2) is 5.69 Å². The van der Waals surface area contributed by atoms with Gasteiger partial charge < -0.3 is 15.5 Å². The normalized spacial score (nSPS) is 10.9. The fraction of sp³-hybridized carbons (Fsp3) is 0.208. The molecule has 0 radical (unpaired) electrons. The Kier molecular flexibility index (Phi) is 7.25. The van der Waals surface area contributed by atoms with E-state index in [0.29, 0.717) is 0 Å². The maximum absolute atomic E-state index is 4.57. The largest absolute Gasteiger partial charge is 0.381 e. The van der Waals surface area contributed by atoms with Crippen molar-refractivity contribution in [2.45, 2.75) is 6.54 Å². The van der Waals surface area contributed by atoms with Crippen LogP contribution >= 0.6 is 0 Å². The van der Waals surface area contributed by atoms with Crippen molar-refractivity contribution in [1.82, 2.24) is 0 Å². The Morgan fingerprint density at radius 2 is 1.59 bits per heavy atom. The molecule has 3 N–H and O–H groups in total. The van der Waals surface area contributed by atoms with Crippen molar-refractivity contribution in [3.05, 3.63) is 84.4 Å². The molecular weight excluding hydrogens is 358 g/mol. The monoisotopic (exact) mass is 388 g/mol. The molecule has 3 aromatic carbocycles. The lowest BCUT2D eigenvalue weighted by Crippen LogP contribution is -2.73. The van der Waals surface area contributed by atoms with E-state index in [1.165, 1.54) is 16.9 Å². The third-order valence-corrected chi connectivity index (χ3v) is 4.85. The number of hydrogen-bond donors (Lipinski definition) is 2. The molecular formula is C24H30N5+. The SMILES string of the molecule is C[NH2+]c1ccccc1N(C)C/C=N/N(C)c1ccc(NCc2ccccc2)cc1. The van der Waals surface area contributed by atoms with E-state index in [2.05, 4.69) is 108 Å². The summed E-state index contributed by atoms with van der Waals surface area (Å²) in [5, 5.41) is 12.0. The van der Waals surface area contributed by atoms with Gasteiger partial charge in [0.1, 0.15) is 0 Å². The van der Waals surface area contributed by atoms with Crippen molar-refractivity contribution in [2.75, 3.05) is 42.9 Å². The number of hydrazone groups is 1. The number of anilines is 3. The van der Waals surface area contributed by atoms with Gasteiger partial charge in [-0.2, -0.15) is 5.10 Å². The summed E-state index contributed by atoms with van der Waals surface area (Å²) in [5.74, 6) is 0. The molecule has 0 fully saturated rings. The Morgan fingerprint density at radius 3 is 2.31 bits per heavy atom. The lowest BCUT2D eigenvalue weighted by molar-refractivity contribution is -0.538. The number of quaternary nitrogens is 1. The Hall–Kier alpha value is -3.31. The molecule has 0 saturated heterocycles. The van der Waals surface area contributed by atoms with Crippen molar-refractivity contribution in [1.29, 1.82) is 0 Å². The first kappa shape index (κ1) is 20.4. The summed E-state index contributed by atoms with van der Waals surface area (Å²) >= 11 is 0. The van der Waals surface area contributed by atoms with Gasteiger partial charge in [-0.3, -0.25) is 5.01 Å². The maximum atomic E-state index is 4.57. The Balaban J connectivity index is 1.52. The number of nitrogens with zero attached hydrogens (tertiary/aromatic N) is 3. The van der Waals surface area contributed by atoms with Crippen LogP contribution in [0, 0.1) is 0 Å². The summed E-state index contributed by atoms with van der Waals surface area (Å²) in [7, 11) is 6.12. The minimum atomic E-state index is 0.742. The standard InChI is InChI=1S/C24H29N5/c1-25-23-11-7-8-12-24(23)28(2)18-17-27-29(3)22-15-13-21(14-16-22)26-19-20-9-5-4-6-10-20/h4-17,25-26H,18-19H2,1-3H3/p+1/b27-17+. The molecule has 0 aliphatic rings. The number of rotatable bonds is 9. The molecule has 0 aliphatic carbocycles. The zero-order valence-corrected chi connectivity index (χ0v) is 17.4. The summed E-state index contributed by atoms with van der Waals surface area (Å²) in [6, 6.07) is 27.1. The lowest BCUT2D eigenvalue weighted by Gasteiger charge is -2.19. The first-order valence-electron chi connectivity index (χ1n) is 9.91. The highest BCUT2D eigenvalue weighted by atomic mass is 15.4. The molecule has 0 aliphatic heterocycles. The van der Waals surface area contributed by atoms with Crippen LogP contribution in [0.15, 0.2) is 84.0 Å². The molecule has 0 heterocycles. The summed E-state index contributed by atoms with van der Waals surface area (Å²) in [6.07, 6.45) is 1.94. The number of para-hydroxylation sites is 2. The Bertz CT molecular complexity index is 906. The smallest absolute Gasteiger partial charge is 0.152 e. The van der Waals surface area contributed by atoms with Gasteiger partial charge in [0.05, 0.1) is 25.0 Å². The van der Waals surface area contributed by atoms with E-state index in [0.717, 1.165) is 24.5 Å². The number of benzene rings is 3. The molecule has 0 aromatic heterocycles. The molecule has 29 heavy (non-hydrogen) atoms. The molecule has 150 valence electrons. The van der Waals surface area contributed by atoms with Crippen LogP contribution < -0.4 is 20.5 Å². The van der Waals surface area contributed by atoms with Gasteiger partial charge >= 0.3 is 0 Å². The summed E-state index contributed by atoms with van der Waals surface area (Å²) < 4.78 is 0. The fourth-order valence-corrected chi connectivity index (χ4v) is 3.12.